The molecule has 3 aromatic rings. The summed E-state index contributed by atoms with van der Waals surface area (Å²) in [6.45, 7) is 6.02. The molecule has 0 saturated carbocycles. The number of amides is 1. The number of benzene rings is 1. The minimum absolute atomic E-state index is 0.0389. The van der Waals surface area contributed by atoms with Crippen LogP contribution in [0.3, 0.4) is 0 Å². The van der Waals surface area contributed by atoms with E-state index in [-0.39, 0.29) is 18.6 Å². The lowest BCUT2D eigenvalue weighted by molar-refractivity contribution is -0.127. The fourth-order valence-corrected chi connectivity index (χ4v) is 5.63. The van der Waals surface area contributed by atoms with E-state index in [1.165, 1.54) is 5.56 Å². The van der Waals surface area contributed by atoms with Crippen molar-refractivity contribution in [3.63, 3.8) is 0 Å². The van der Waals surface area contributed by atoms with Crippen molar-refractivity contribution in [3.8, 4) is 11.1 Å². The molecule has 11 nitrogen and oxygen atoms in total. The Morgan fingerprint density at radius 3 is 2.65 bits per heavy atom. The Balaban J connectivity index is 1.23. The van der Waals surface area contributed by atoms with Crippen LogP contribution in [0.15, 0.2) is 55.0 Å². The second-order valence-electron chi connectivity index (χ2n) is 10.7. The second kappa shape index (κ2) is 12.3. The summed E-state index contributed by atoms with van der Waals surface area (Å²) in [6, 6.07) is 12.4. The quantitative estimate of drug-likeness (QED) is 0.387. The molecule has 40 heavy (non-hydrogen) atoms. The molecule has 6 aliphatic heterocycles. The Hall–Kier alpha value is -3.64. The number of nitrogens with one attached hydrogen (secondary N) is 2. The molecule has 0 spiro atoms. The highest BCUT2D eigenvalue weighted by molar-refractivity contribution is 5.77. The molecule has 8 heterocycles. The van der Waals surface area contributed by atoms with Crippen molar-refractivity contribution in [3.05, 3.63) is 60.6 Å². The van der Waals surface area contributed by atoms with E-state index in [1.807, 2.05) is 29.4 Å². The van der Waals surface area contributed by atoms with E-state index in [4.69, 9.17) is 4.74 Å². The highest BCUT2D eigenvalue weighted by atomic mass is 16.5. The van der Waals surface area contributed by atoms with Crippen LogP contribution in [-0.4, -0.2) is 101 Å². The number of piperazine rings is 1. The summed E-state index contributed by atoms with van der Waals surface area (Å²) in [5.41, 5.74) is 4.08. The molecule has 2 saturated heterocycles. The van der Waals surface area contributed by atoms with Crippen LogP contribution >= 0.6 is 0 Å². The molecule has 1 aromatic carbocycles. The molecule has 2 aromatic heterocycles. The number of hydrogen-bond donors (Lipinski definition) is 3. The maximum Gasteiger partial charge on any atom is 0.246 e. The summed E-state index contributed by atoms with van der Waals surface area (Å²) in [5, 5.41) is 16.8. The summed E-state index contributed by atoms with van der Waals surface area (Å²) >= 11 is 0. The van der Waals surface area contributed by atoms with E-state index in [2.05, 4.69) is 59.7 Å². The van der Waals surface area contributed by atoms with Gasteiger partial charge in [0, 0.05) is 81.7 Å². The third-order valence-electron chi connectivity index (χ3n) is 7.76. The molecule has 1 amide bonds. The van der Waals surface area contributed by atoms with Gasteiger partial charge in [0.15, 0.2) is 0 Å². The Morgan fingerprint density at radius 1 is 0.975 bits per heavy atom. The lowest BCUT2D eigenvalue weighted by Gasteiger charge is -2.34. The standard InChI is InChI=1S/C29H36N8O3/c38-26-14-25-5-7-31-28(39)19-40-20-36-10-8-35(9-11-36)17-21-2-1-3-24(12-21)34-27-13-22(4-6-30-27)23-15-32-29(33-16-23)37(25)18-26/h1-4,6,12-13,15-16,25-26,38H,5,7-11,14,17-20H2,(H,30,34)(H,31,39). The second-order valence-corrected chi connectivity index (χ2v) is 10.7. The summed E-state index contributed by atoms with van der Waals surface area (Å²) in [6.07, 6.45) is 6.26. The Morgan fingerprint density at radius 2 is 1.80 bits per heavy atom. The van der Waals surface area contributed by atoms with E-state index >= 15 is 0 Å². The van der Waals surface area contributed by atoms with Gasteiger partial charge in [-0.2, -0.15) is 0 Å². The molecule has 2 fully saturated rings. The number of nitrogens with zero attached hydrogens (tertiary/aromatic N) is 6. The molecular weight excluding hydrogens is 508 g/mol. The molecular formula is C29H36N8O3. The van der Waals surface area contributed by atoms with E-state index in [1.54, 1.807) is 6.20 Å². The van der Waals surface area contributed by atoms with Crippen molar-refractivity contribution in [2.45, 2.75) is 31.5 Å². The minimum atomic E-state index is -0.452. The van der Waals surface area contributed by atoms with Crippen LogP contribution in [0.1, 0.15) is 18.4 Å². The molecule has 0 radical (unpaired) electrons. The van der Waals surface area contributed by atoms with Crippen LogP contribution in [0.25, 0.3) is 11.1 Å². The lowest BCUT2D eigenvalue weighted by atomic mass is 10.1. The third kappa shape index (κ3) is 6.56. The first-order valence-corrected chi connectivity index (χ1v) is 14.0. The number of aromatic nitrogens is 3. The lowest BCUT2D eigenvalue weighted by Crippen LogP contribution is -2.46. The SMILES string of the molecule is O=C1COCN2CCN(CC2)Cc2cccc(c2)Nc2cc(ccn2)-c2cnc(nc2)N2CC(O)CC2CCN1. The van der Waals surface area contributed by atoms with Gasteiger partial charge in [0.1, 0.15) is 12.4 Å². The minimum Gasteiger partial charge on any atom is -0.391 e. The molecule has 210 valence electrons. The fraction of sp³-hybridized carbons (Fsp3) is 0.448. The summed E-state index contributed by atoms with van der Waals surface area (Å²) in [7, 11) is 0. The van der Waals surface area contributed by atoms with Crippen molar-refractivity contribution in [1.29, 1.82) is 0 Å². The largest absolute Gasteiger partial charge is 0.391 e. The van der Waals surface area contributed by atoms with Crippen LogP contribution in [0.2, 0.25) is 0 Å². The molecule has 11 heteroatoms. The smallest absolute Gasteiger partial charge is 0.246 e. The zero-order valence-electron chi connectivity index (χ0n) is 22.6. The first-order valence-electron chi connectivity index (χ1n) is 14.0. The zero-order valence-corrected chi connectivity index (χ0v) is 22.6. The van der Waals surface area contributed by atoms with Crippen molar-refractivity contribution in [2.24, 2.45) is 0 Å². The zero-order chi connectivity index (χ0) is 27.3. The van der Waals surface area contributed by atoms with Gasteiger partial charge in [0.2, 0.25) is 11.9 Å². The number of ether oxygens (including phenoxy) is 1. The van der Waals surface area contributed by atoms with Gasteiger partial charge < -0.3 is 25.4 Å². The highest BCUT2D eigenvalue weighted by Crippen LogP contribution is 2.27. The number of aliphatic hydroxyl groups is 1. The average Bonchev–Trinajstić information content (AvgIpc) is 3.34. The van der Waals surface area contributed by atoms with Crippen molar-refractivity contribution >= 4 is 23.4 Å². The predicted molar refractivity (Wildman–Crippen MR) is 152 cm³/mol. The molecule has 2 unspecified atom stereocenters. The van der Waals surface area contributed by atoms with Crippen molar-refractivity contribution in [1.82, 2.24) is 30.1 Å². The van der Waals surface area contributed by atoms with Crippen LogP contribution in [0.4, 0.5) is 17.5 Å². The maximum absolute atomic E-state index is 12.4. The van der Waals surface area contributed by atoms with E-state index < -0.39 is 6.10 Å². The highest BCUT2D eigenvalue weighted by Gasteiger charge is 2.32. The number of carbonyl (C=O) groups is 1. The number of carbonyl (C=O) groups excluding carboxylic acids is 1. The molecule has 3 N–H and O–H groups in total. The molecule has 2 atom stereocenters. The van der Waals surface area contributed by atoms with Crippen LogP contribution in [-0.2, 0) is 16.1 Å². The van der Waals surface area contributed by atoms with Gasteiger partial charge in [0.05, 0.1) is 12.8 Å². The first kappa shape index (κ1) is 26.6. The van der Waals surface area contributed by atoms with Gasteiger partial charge in [-0.1, -0.05) is 12.1 Å². The summed E-state index contributed by atoms with van der Waals surface area (Å²) in [5.74, 6) is 1.21. The van der Waals surface area contributed by atoms with Crippen LogP contribution < -0.4 is 15.5 Å². The predicted octanol–water partition coefficient (Wildman–Crippen LogP) is 1.83. The topological polar surface area (TPSA) is 119 Å². The molecule has 0 aliphatic carbocycles. The van der Waals surface area contributed by atoms with Crippen molar-refractivity contribution in [2.75, 3.05) is 62.8 Å². The fourth-order valence-electron chi connectivity index (χ4n) is 5.63. The summed E-state index contributed by atoms with van der Waals surface area (Å²) < 4.78 is 5.71. The Bertz CT molecular complexity index is 1300. The monoisotopic (exact) mass is 544 g/mol. The van der Waals surface area contributed by atoms with Gasteiger partial charge in [-0.3, -0.25) is 14.6 Å². The third-order valence-corrected chi connectivity index (χ3v) is 7.76. The number of anilines is 3. The van der Waals surface area contributed by atoms with E-state index in [0.29, 0.717) is 38.6 Å². The molecule has 9 rings (SSSR count). The van der Waals surface area contributed by atoms with Crippen LogP contribution in [0, 0.1) is 0 Å². The van der Waals surface area contributed by atoms with E-state index in [0.717, 1.165) is 55.4 Å². The van der Waals surface area contributed by atoms with Gasteiger partial charge in [-0.05, 0) is 48.2 Å². The normalized spacial score (nSPS) is 25.8. The number of hydrogen-bond acceptors (Lipinski definition) is 10. The van der Waals surface area contributed by atoms with Gasteiger partial charge >= 0.3 is 0 Å². The van der Waals surface area contributed by atoms with Gasteiger partial charge in [-0.15, -0.1) is 0 Å². The average molecular weight is 545 g/mol. The maximum atomic E-state index is 12.4. The van der Waals surface area contributed by atoms with Gasteiger partial charge in [0.25, 0.3) is 0 Å². The van der Waals surface area contributed by atoms with E-state index in [9.17, 15) is 9.90 Å². The first-order chi connectivity index (χ1) is 19.6. The molecule has 8 bridgehead atoms. The number of aliphatic hydroxyl groups excluding tert-OH is 1. The molecule has 6 aliphatic rings. The van der Waals surface area contributed by atoms with Crippen molar-refractivity contribution < 1.29 is 14.6 Å². The number of rotatable bonds is 0. The van der Waals surface area contributed by atoms with Crippen LogP contribution in [0.5, 0.6) is 0 Å². The Labute approximate surface area is 234 Å². The number of pyridine rings is 1. The van der Waals surface area contributed by atoms with Gasteiger partial charge in [-0.25, -0.2) is 15.0 Å². The summed E-state index contributed by atoms with van der Waals surface area (Å²) in [4.78, 5) is 32.9. The Kier molecular flexibility index (Phi) is 8.14.